The lowest BCUT2D eigenvalue weighted by molar-refractivity contribution is 0.0519. The lowest BCUT2D eigenvalue weighted by atomic mass is 10.2. The van der Waals surface area contributed by atoms with Crippen LogP contribution in [0.3, 0.4) is 0 Å². The van der Waals surface area contributed by atoms with Crippen LogP contribution in [0.15, 0.2) is 18.3 Å². The van der Waals surface area contributed by atoms with Crippen LogP contribution >= 0.6 is 0 Å². The fourth-order valence-electron chi connectivity index (χ4n) is 2.44. The van der Waals surface area contributed by atoms with Crippen molar-refractivity contribution >= 4 is 5.97 Å². The lowest BCUT2D eigenvalue weighted by Crippen LogP contribution is -2.29. The molecule has 0 saturated carbocycles. The van der Waals surface area contributed by atoms with Crippen LogP contribution in [0.1, 0.15) is 43.1 Å². The molecule has 5 heteroatoms. The summed E-state index contributed by atoms with van der Waals surface area (Å²) in [5, 5.41) is 0. The number of aromatic nitrogens is 1. The summed E-state index contributed by atoms with van der Waals surface area (Å²) < 4.78 is 10.6. The highest BCUT2D eigenvalue weighted by molar-refractivity contribution is 5.87. The number of carbonyl (C=O) groups excluding carboxylic acids is 1. The smallest absolute Gasteiger partial charge is 0.356 e. The van der Waals surface area contributed by atoms with Crippen LogP contribution in [0.5, 0.6) is 5.75 Å². The van der Waals surface area contributed by atoms with Gasteiger partial charge in [0.05, 0.1) is 12.8 Å². The van der Waals surface area contributed by atoms with Gasteiger partial charge in [-0.1, -0.05) is 12.8 Å². The summed E-state index contributed by atoms with van der Waals surface area (Å²) in [6, 6.07) is 3.40. The van der Waals surface area contributed by atoms with Crippen LogP contribution < -0.4 is 4.74 Å². The Morgan fingerprint density at radius 2 is 2.00 bits per heavy atom. The van der Waals surface area contributed by atoms with Crippen molar-refractivity contribution in [3.05, 3.63) is 24.0 Å². The third-order valence-electron chi connectivity index (χ3n) is 3.60. The first kappa shape index (κ1) is 15.8. The molecule has 0 radical (unpaired) electrons. The fourth-order valence-corrected chi connectivity index (χ4v) is 2.44. The molecule has 1 aromatic heterocycles. The van der Waals surface area contributed by atoms with Crippen LogP contribution in [0.25, 0.3) is 0 Å². The van der Waals surface area contributed by atoms with Gasteiger partial charge in [0.15, 0.2) is 0 Å². The van der Waals surface area contributed by atoms with Crippen LogP contribution in [0.4, 0.5) is 0 Å². The predicted octanol–water partition coefficient (Wildman–Crippen LogP) is 2.51. The number of esters is 1. The van der Waals surface area contributed by atoms with Crippen molar-refractivity contribution in [2.24, 2.45) is 0 Å². The van der Waals surface area contributed by atoms with Crippen molar-refractivity contribution < 1.29 is 14.3 Å². The SMILES string of the molecule is CCOC(=O)c1ccc(OCCN2CCCCCC2)cn1. The van der Waals surface area contributed by atoms with Crippen molar-refractivity contribution in [1.29, 1.82) is 0 Å². The summed E-state index contributed by atoms with van der Waals surface area (Å²) in [6.07, 6.45) is 6.84. The standard InChI is InChI=1S/C16H24N2O3/c1-2-20-16(19)15-8-7-14(13-17-15)21-12-11-18-9-5-3-4-6-10-18/h7-8,13H,2-6,9-12H2,1H3. The van der Waals surface area contributed by atoms with Crippen molar-refractivity contribution in [2.75, 3.05) is 32.8 Å². The normalized spacial score (nSPS) is 16.2. The zero-order valence-electron chi connectivity index (χ0n) is 12.7. The van der Waals surface area contributed by atoms with E-state index in [2.05, 4.69) is 9.88 Å². The van der Waals surface area contributed by atoms with Crippen molar-refractivity contribution in [3.8, 4) is 5.75 Å². The van der Waals surface area contributed by atoms with Crippen LogP contribution in [0, 0.1) is 0 Å². The second-order valence-electron chi connectivity index (χ2n) is 5.20. The van der Waals surface area contributed by atoms with Crippen LogP contribution in [-0.4, -0.2) is 48.7 Å². The molecular formula is C16H24N2O3. The first-order valence-corrected chi connectivity index (χ1v) is 7.78. The second kappa shape index (κ2) is 8.62. The molecule has 2 heterocycles. The van der Waals surface area contributed by atoms with E-state index in [4.69, 9.17) is 9.47 Å². The molecule has 1 aliphatic heterocycles. The van der Waals surface area contributed by atoms with Crippen molar-refractivity contribution in [3.63, 3.8) is 0 Å². The minimum absolute atomic E-state index is 0.316. The Morgan fingerprint density at radius 3 is 2.62 bits per heavy atom. The molecule has 0 atom stereocenters. The molecule has 5 nitrogen and oxygen atoms in total. The predicted molar refractivity (Wildman–Crippen MR) is 80.6 cm³/mol. The maximum absolute atomic E-state index is 11.5. The molecular weight excluding hydrogens is 268 g/mol. The molecule has 1 saturated heterocycles. The third kappa shape index (κ3) is 5.34. The summed E-state index contributed by atoms with van der Waals surface area (Å²) >= 11 is 0. The zero-order chi connectivity index (χ0) is 14.9. The lowest BCUT2D eigenvalue weighted by Gasteiger charge is -2.19. The van der Waals surface area contributed by atoms with Gasteiger partial charge in [-0.15, -0.1) is 0 Å². The molecule has 1 aliphatic rings. The number of likely N-dealkylation sites (tertiary alicyclic amines) is 1. The van der Waals surface area contributed by atoms with Gasteiger partial charge < -0.3 is 9.47 Å². The van der Waals surface area contributed by atoms with E-state index in [1.165, 1.54) is 38.8 Å². The minimum atomic E-state index is -0.395. The molecule has 0 N–H and O–H groups in total. The van der Waals surface area contributed by atoms with Gasteiger partial charge in [0, 0.05) is 6.54 Å². The molecule has 1 aromatic rings. The Morgan fingerprint density at radius 1 is 1.24 bits per heavy atom. The van der Waals surface area contributed by atoms with Gasteiger partial charge in [-0.05, 0) is 45.0 Å². The van der Waals surface area contributed by atoms with E-state index < -0.39 is 5.97 Å². The first-order chi connectivity index (χ1) is 10.3. The van der Waals surface area contributed by atoms with E-state index in [0.29, 0.717) is 24.7 Å². The number of nitrogens with zero attached hydrogens (tertiary/aromatic N) is 2. The van der Waals surface area contributed by atoms with Crippen molar-refractivity contribution in [1.82, 2.24) is 9.88 Å². The highest BCUT2D eigenvalue weighted by Gasteiger charge is 2.10. The molecule has 21 heavy (non-hydrogen) atoms. The maximum atomic E-state index is 11.5. The van der Waals surface area contributed by atoms with Gasteiger partial charge in [-0.25, -0.2) is 9.78 Å². The Balaban J connectivity index is 1.74. The molecule has 0 aliphatic carbocycles. The van der Waals surface area contributed by atoms with Gasteiger partial charge in [-0.2, -0.15) is 0 Å². The van der Waals surface area contributed by atoms with Gasteiger partial charge in [-0.3, -0.25) is 4.90 Å². The van der Waals surface area contributed by atoms with Gasteiger partial charge in [0.25, 0.3) is 0 Å². The molecule has 0 bridgehead atoms. The van der Waals surface area contributed by atoms with Gasteiger partial charge >= 0.3 is 5.97 Å². The summed E-state index contributed by atoms with van der Waals surface area (Å²) in [5.41, 5.74) is 0.316. The van der Waals surface area contributed by atoms with Crippen molar-refractivity contribution in [2.45, 2.75) is 32.6 Å². The van der Waals surface area contributed by atoms with Crippen LogP contribution in [0.2, 0.25) is 0 Å². The average Bonchev–Trinajstić information content (AvgIpc) is 2.77. The summed E-state index contributed by atoms with van der Waals surface area (Å²) in [4.78, 5) is 18.0. The zero-order valence-corrected chi connectivity index (χ0v) is 12.7. The Bertz CT molecular complexity index is 426. The number of hydrogen-bond acceptors (Lipinski definition) is 5. The fraction of sp³-hybridized carbons (Fsp3) is 0.625. The largest absolute Gasteiger partial charge is 0.491 e. The average molecular weight is 292 g/mol. The van der Waals surface area contributed by atoms with E-state index in [0.717, 1.165) is 6.54 Å². The maximum Gasteiger partial charge on any atom is 0.356 e. The quantitative estimate of drug-likeness (QED) is 0.754. The van der Waals surface area contributed by atoms with E-state index in [1.54, 1.807) is 25.3 Å². The molecule has 116 valence electrons. The Labute approximate surface area is 126 Å². The third-order valence-corrected chi connectivity index (χ3v) is 3.60. The molecule has 0 aromatic carbocycles. The topological polar surface area (TPSA) is 51.7 Å². The molecule has 1 fully saturated rings. The highest BCUT2D eigenvalue weighted by atomic mass is 16.5. The van der Waals surface area contributed by atoms with Gasteiger partial charge in [0.1, 0.15) is 18.1 Å². The summed E-state index contributed by atoms with van der Waals surface area (Å²) in [6.45, 7) is 6.07. The molecule has 0 amide bonds. The summed E-state index contributed by atoms with van der Waals surface area (Å²) in [5.74, 6) is 0.298. The van der Waals surface area contributed by atoms with Gasteiger partial charge in [0.2, 0.25) is 0 Å². The van der Waals surface area contributed by atoms with Crippen LogP contribution in [-0.2, 0) is 4.74 Å². The first-order valence-electron chi connectivity index (χ1n) is 7.78. The minimum Gasteiger partial charge on any atom is -0.491 e. The monoisotopic (exact) mass is 292 g/mol. The number of rotatable bonds is 6. The Hall–Kier alpha value is -1.62. The van der Waals surface area contributed by atoms with E-state index in [9.17, 15) is 4.79 Å². The Kier molecular flexibility index (Phi) is 6.47. The number of hydrogen-bond donors (Lipinski definition) is 0. The number of pyridine rings is 1. The summed E-state index contributed by atoms with van der Waals surface area (Å²) in [7, 11) is 0. The number of ether oxygens (including phenoxy) is 2. The van der Waals surface area contributed by atoms with E-state index in [-0.39, 0.29) is 0 Å². The molecule has 0 unspecified atom stereocenters. The second-order valence-corrected chi connectivity index (χ2v) is 5.20. The van der Waals surface area contributed by atoms with E-state index in [1.807, 2.05) is 0 Å². The van der Waals surface area contributed by atoms with E-state index >= 15 is 0 Å². The molecule has 0 spiro atoms. The molecule has 2 rings (SSSR count). The number of carbonyl (C=O) groups is 1. The highest BCUT2D eigenvalue weighted by Crippen LogP contribution is 2.12.